The highest BCUT2D eigenvalue weighted by molar-refractivity contribution is 6.35. The standard InChI is InChI=1S/C16H14ClN3O/c1-2-14(12-7-3-4-9-18-12)20-10-19-13-8-5-6-11(17)15(13)16(20)21/h3-10,14H,2H2,1H3. The van der Waals surface area contributed by atoms with Crippen LogP contribution in [0.15, 0.2) is 53.7 Å². The second kappa shape index (κ2) is 5.66. The van der Waals surface area contributed by atoms with Crippen LogP contribution in [0.5, 0.6) is 0 Å². The van der Waals surface area contributed by atoms with Crippen molar-refractivity contribution < 1.29 is 0 Å². The fraction of sp³-hybridized carbons (Fsp3) is 0.188. The summed E-state index contributed by atoms with van der Waals surface area (Å²) in [5.74, 6) is 0. The first-order valence-electron chi connectivity index (χ1n) is 6.78. The van der Waals surface area contributed by atoms with Crippen LogP contribution >= 0.6 is 11.6 Å². The lowest BCUT2D eigenvalue weighted by Crippen LogP contribution is -2.26. The third-order valence-electron chi connectivity index (χ3n) is 3.51. The maximum Gasteiger partial charge on any atom is 0.263 e. The van der Waals surface area contributed by atoms with Crippen LogP contribution in [-0.2, 0) is 0 Å². The van der Waals surface area contributed by atoms with Crippen molar-refractivity contribution in [1.82, 2.24) is 14.5 Å². The van der Waals surface area contributed by atoms with E-state index in [0.717, 1.165) is 12.1 Å². The molecule has 0 N–H and O–H groups in total. The smallest absolute Gasteiger partial charge is 0.263 e. The summed E-state index contributed by atoms with van der Waals surface area (Å²) in [6.07, 6.45) is 4.04. The minimum atomic E-state index is -0.146. The third-order valence-corrected chi connectivity index (χ3v) is 3.83. The van der Waals surface area contributed by atoms with Crippen molar-refractivity contribution in [1.29, 1.82) is 0 Å². The largest absolute Gasteiger partial charge is 0.289 e. The number of aromatic nitrogens is 3. The summed E-state index contributed by atoms with van der Waals surface area (Å²) in [5, 5.41) is 0.881. The Morgan fingerprint density at radius 3 is 2.76 bits per heavy atom. The van der Waals surface area contributed by atoms with Gasteiger partial charge >= 0.3 is 0 Å². The highest BCUT2D eigenvalue weighted by Gasteiger charge is 2.16. The van der Waals surface area contributed by atoms with Gasteiger partial charge in [-0.05, 0) is 30.7 Å². The molecule has 0 radical (unpaired) electrons. The minimum absolute atomic E-state index is 0.136. The molecule has 1 aromatic carbocycles. The van der Waals surface area contributed by atoms with E-state index in [-0.39, 0.29) is 11.6 Å². The van der Waals surface area contributed by atoms with Gasteiger partial charge in [0.1, 0.15) is 0 Å². The predicted octanol–water partition coefficient (Wildman–Crippen LogP) is 3.44. The van der Waals surface area contributed by atoms with Crippen molar-refractivity contribution in [3.8, 4) is 0 Å². The predicted molar refractivity (Wildman–Crippen MR) is 83.7 cm³/mol. The molecule has 21 heavy (non-hydrogen) atoms. The summed E-state index contributed by atoms with van der Waals surface area (Å²) in [7, 11) is 0. The van der Waals surface area contributed by atoms with E-state index >= 15 is 0 Å². The van der Waals surface area contributed by atoms with Gasteiger partial charge in [0.2, 0.25) is 0 Å². The Morgan fingerprint density at radius 2 is 2.05 bits per heavy atom. The van der Waals surface area contributed by atoms with Crippen LogP contribution in [0.4, 0.5) is 0 Å². The van der Waals surface area contributed by atoms with Gasteiger partial charge in [-0.25, -0.2) is 4.98 Å². The molecule has 2 aromatic heterocycles. The molecule has 0 aliphatic heterocycles. The molecule has 5 heteroatoms. The molecule has 0 saturated carbocycles. The molecule has 0 bridgehead atoms. The average Bonchev–Trinajstić information content (AvgIpc) is 2.51. The highest BCUT2D eigenvalue weighted by atomic mass is 35.5. The van der Waals surface area contributed by atoms with Gasteiger partial charge in [0.25, 0.3) is 5.56 Å². The number of hydrogen-bond donors (Lipinski definition) is 0. The van der Waals surface area contributed by atoms with E-state index in [0.29, 0.717) is 15.9 Å². The van der Waals surface area contributed by atoms with Crippen LogP contribution in [0, 0.1) is 0 Å². The summed E-state index contributed by atoms with van der Waals surface area (Å²) >= 11 is 6.16. The molecule has 3 rings (SSSR count). The summed E-state index contributed by atoms with van der Waals surface area (Å²) < 4.78 is 1.61. The molecule has 0 amide bonds. The van der Waals surface area contributed by atoms with Crippen molar-refractivity contribution >= 4 is 22.5 Å². The van der Waals surface area contributed by atoms with E-state index < -0.39 is 0 Å². The molecular formula is C16H14ClN3O. The van der Waals surface area contributed by atoms with Crippen molar-refractivity contribution in [3.05, 3.63) is 70.0 Å². The first kappa shape index (κ1) is 13.8. The number of halogens is 1. The molecule has 106 valence electrons. The maximum atomic E-state index is 12.7. The molecule has 0 saturated heterocycles. The first-order valence-corrected chi connectivity index (χ1v) is 7.16. The minimum Gasteiger partial charge on any atom is -0.289 e. The zero-order valence-corrected chi connectivity index (χ0v) is 12.3. The van der Waals surface area contributed by atoms with Crippen LogP contribution < -0.4 is 5.56 Å². The van der Waals surface area contributed by atoms with Crippen molar-refractivity contribution in [3.63, 3.8) is 0 Å². The van der Waals surface area contributed by atoms with Gasteiger partial charge < -0.3 is 0 Å². The third kappa shape index (κ3) is 2.43. The lowest BCUT2D eigenvalue weighted by molar-refractivity contribution is 0.531. The monoisotopic (exact) mass is 299 g/mol. The molecular weight excluding hydrogens is 286 g/mol. The average molecular weight is 300 g/mol. The molecule has 1 unspecified atom stereocenters. The lowest BCUT2D eigenvalue weighted by Gasteiger charge is -2.17. The van der Waals surface area contributed by atoms with Crippen molar-refractivity contribution in [2.45, 2.75) is 19.4 Å². The quantitative estimate of drug-likeness (QED) is 0.744. The number of hydrogen-bond acceptors (Lipinski definition) is 3. The fourth-order valence-corrected chi connectivity index (χ4v) is 2.73. The molecule has 3 aromatic rings. The van der Waals surface area contributed by atoms with Gasteiger partial charge in [-0.3, -0.25) is 14.3 Å². The van der Waals surface area contributed by atoms with E-state index in [1.807, 2.05) is 25.1 Å². The molecule has 0 spiro atoms. The van der Waals surface area contributed by atoms with Crippen molar-refractivity contribution in [2.24, 2.45) is 0 Å². The van der Waals surface area contributed by atoms with Crippen LogP contribution in [0.2, 0.25) is 5.02 Å². The second-order valence-corrected chi connectivity index (χ2v) is 5.18. The Labute approximate surface area is 127 Å². The Morgan fingerprint density at radius 1 is 1.19 bits per heavy atom. The molecule has 0 aliphatic carbocycles. The number of nitrogens with zero attached hydrogens (tertiary/aromatic N) is 3. The Kier molecular flexibility index (Phi) is 3.71. The van der Waals surface area contributed by atoms with E-state index in [4.69, 9.17) is 11.6 Å². The molecule has 0 aliphatic rings. The van der Waals surface area contributed by atoms with Crippen LogP contribution in [0.3, 0.4) is 0 Å². The number of rotatable bonds is 3. The van der Waals surface area contributed by atoms with Crippen LogP contribution in [0.25, 0.3) is 10.9 Å². The summed E-state index contributed by atoms with van der Waals surface area (Å²) in [5.41, 5.74) is 1.32. The second-order valence-electron chi connectivity index (χ2n) is 4.77. The Balaban J connectivity index is 2.23. The zero-order valence-electron chi connectivity index (χ0n) is 11.5. The highest BCUT2D eigenvalue weighted by Crippen LogP contribution is 2.21. The van der Waals surface area contributed by atoms with Gasteiger partial charge in [-0.1, -0.05) is 30.7 Å². The van der Waals surface area contributed by atoms with Crippen LogP contribution in [0.1, 0.15) is 25.1 Å². The zero-order chi connectivity index (χ0) is 14.8. The Hall–Kier alpha value is -2.20. The summed E-state index contributed by atoms with van der Waals surface area (Å²) in [4.78, 5) is 21.4. The van der Waals surface area contributed by atoms with Gasteiger partial charge in [-0.2, -0.15) is 0 Å². The van der Waals surface area contributed by atoms with Crippen LogP contribution in [-0.4, -0.2) is 14.5 Å². The number of benzene rings is 1. The summed E-state index contributed by atoms with van der Waals surface area (Å²) in [6.45, 7) is 2.02. The van der Waals surface area contributed by atoms with E-state index in [9.17, 15) is 4.79 Å². The van der Waals surface area contributed by atoms with Gasteiger partial charge in [0.05, 0.1) is 34.0 Å². The molecule has 2 heterocycles. The molecule has 4 nitrogen and oxygen atoms in total. The SMILES string of the molecule is CCC(c1ccccn1)n1cnc2cccc(Cl)c2c1=O. The molecule has 1 atom stereocenters. The van der Waals surface area contributed by atoms with E-state index in [1.165, 1.54) is 0 Å². The van der Waals surface area contributed by atoms with Gasteiger partial charge in [0.15, 0.2) is 0 Å². The number of pyridine rings is 1. The lowest BCUT2D eigenvalue weighted by atomic mass is 10.1. The topological polar surface area (TPSA) is 47.8 Å². The van der Waals surface area contributed by atoms with Crippen molar-refractivity contribution in [2.75, 3.05) is 0 Å². The van der Waals surface area contributed by atoms with Gasteiger partial charge in [0, 0.05) is 6.20 Å². The van der Waals surface area contributed by atoms with Gasteiger partial charge in [-0.15, -0.1) is 0 Å². The fourth-order valence-electron chi connectivity index (χ4n) is 2.48. The van der Waals surface area contributed by atoms with E-state index in [2.05, 4.69) is 9.97 Å². The Bertz CT molecular complexity index is 830. The first-order chi connectivity index (χ1) is 10.2. The molecule has 0 fully saturated rings. The van der Waals surface area contributed by atoms with E-state index in [1.54, 1.807) is 35.3 Å². The maximum absolute atomic E-state index is 12.7. The number of fused-ring (bicyclic) bond motifs is 1. The summed E-state index contributed by atoms with van der Waals surface area (Å²) in [6, 6.07) is 10.8. The normalized spacial score (nSPS) is 12.5.